The first-order valence-electron chi connectivity index (χ1n) is 5.27. The van der Waals surface area contributed by atoms with Gasteiger partial charge < -0.3 is 9.47 Å². The van der Waals surface area contributed by atoms with E-state index in [9.17, 15) is 4.79 Å². The average Bonchev–Trinajstić information content (AvgIpc) is 2.36. The summed E-state index contributed by atoms with van der Waals surface area (Å²) in [5, 5.41) is 8.94. The molecule has 0 aliphatic heterocycles. The Morgan fingerprint density at radius 3 is 3.00 bits per heavy atom. The Kier molecular flexibility index (Phi) is 4.95. The number of hydrogen-bond acceptors (Lipinski definition) is 5. The third kappa shape index (κ3) is 3.45. The van der Waals surface area contributed by atoms with E-state index in [1.54, 1.807) is 25.3 Å². The van der Waals surface area contributed by atoms with E-state index in [1.807, 2.05) is 6.07 Å². The van der Waals surface area contributed by atoms with E-state index in [0.717, 1.165) is 5.56 Å². The number of methoxy groups -OCH3 is 1. The second kappa shape index (κ2) is 6.48. The molecule has 0 radical (unpaired) electrons. The largest absolute Gasteiger partial charge is 0.481 e. The molecule has 5 nitrogen and oxygen atoms in total. The molecule has 0 bridgehead atoms. The molecule has 1 rings (SSSR count). The van der Waals surface area contributed by atoms with Gasteiger partial charge in [-0.05, 0) is 13.0 Å². The molecule has 0 amide bonds. The van der Waals surface area contributed by atoms with Crippen LogP contribution in [-0.2, 0) is 16.0 Å². The lowest BCUT2D eigenvalue weighted by molar-refractivity contribution is -0.145. The number of nitrogens with zero attached hydrogens (tertiary/aromatic N) is 2. The maximum absolute atomic E-state index is 11.5. The predicted octanol–water partition coefficient (Wildman–Crippen LogP) is 1.34. The number of esters is 1. The molecule has 5 heteroatoms. The van der Waals surface area contributed by atoms with Crippen LogP contribution in [0.25, 0.3) is 0 Å². The van der Waals surface area contributed by atoms with Crippen LogP contribution in [-0.4, -0.2) is 24.7 Å². The maximum Gasteiger partial charge on any atom is 0.323 e. The highest BCUT2D eigenvalue weighted by Gasteiger charge is 2.21. The van der Waals surface area contributed by atoms with E-state index in [4.69, 9.17) is 14.7 Å². The fraction of sp³-hybridized carbons (Fsp3) is 0.417. The fourth-order valence-corrected chi connectivity index (χ4v) is 1.41. The number of aromatic nitrogens is 1. The first-order valence-corrected chi connectivity index (χ1v) is 5.27. The zero-order valence-electron chi connectivity index (χ0n) is 9.84. The zero-order chi connectivity index (χ0) is 12.7. The first kappa shape index (κ1) is 13.0. The third-order valence-corrected chi connectivity index (χ3v) is 2.19. The quantitative estimate of drug-likeness (QED) is 0.719. The molecular formula is C12H14N2O3. The van der Waals surface area contributed by atoms with E-state index < -0.39 is 11.9 Å². The third-order valence-electron chi connectivity index (χ3n) is 2.19. The molecule has 1 unspecified atom stereocenters. The number of pyridine rings is 1. The minimum absolute atomic E-state index is 0.242. The van der Waals surface area contributed by atoms with Crippen LogP contribution < -0.4 is 4.74 Å². The SMILES string of the molecule is CCOC(=O)C(C#N)Cc1cccnc1OC. The van der Waals surface area contributed by atoms with Crippen LogP contribution in [0.4, 0.5) is 0 Å². The van der Waals surface area contributed by atoms with Crippen molar-refractivity contribution in [3.63, 3.8) is 0 Å². The lowest BCUT2D eigenvalue weighted by Gasteiger charge is -2.10. The van der Waals surface area contributed by atoms with Gasteiger partial charge in [0.05, 0.1) is 19.8 Å². The molecule has 1 aromatic rings. The number of carbonyl (C=O) groups is 1. The Hall–Kier alpha value is -2.09. The highest BCUT2D eigenvalue weighted by molar-refractivity contribution is 5.75. The van der Waals surface area contributed by atoms with Crippen LogP contribution in [0.5, 0.6) is 5.88 Å². The summed E-state index contributed by atoms with van der Waals surface area (Å²) in [5.74, 6) is -0.911. The molecule has 90 valence electrons. The van der Waals surface area contributed by atoms with Crippen molar-refractivity contribution in [3.8, 4) is 11.9 Å². The molecule has 0 saturated heterocycles. The molecule has 1 heterocycles. The van der Waals surface area contributed by atoms with Crippen molar-refractivity contribution in [2.75, 3.05) is 13.7 Å². The fourth-order valence-electron chi connectivity index (χ4n) is 1.41. The van der Waals surface area contributed by atoms with Gasteiger partial charge in [-0.3, -0.25) is 4.79 Å². The van der Waals surface area contributed by atoms with E-state index >= 15 is 0 Å². The number of nitriles is 1. The number of ether oxygens (including phenoxy) is 2. The molecule has 0 saturated carbocycles. The Morgan fingerprint density at radius 2 is 2.41 bits per heavy atom. The van der Waals surface area contributed by atoms with Gasteiger partial charge in [-0.25, -0.2) is 4.98 Å². The molecule has 17 heavy (non-hydrogen) atoms. The Bertz CT molecular complexity index is 426. The summed E-state index contributed by atoms with van der Waals surface area (Å²) in [5.41, 5.74) is 0.717. The van der Waals surface area contributed by atoms with Gasteiger partial charge in [-0.2, -0.15) is 5.26 Å². The summed E-state index contributed by atoms with van der Waals surface area (Å²) in [6.45, 7) is 1.97. The highest BCUT2D eigenvalue weighted by atomic mass is 16.5. The van der Waals surface area contributed by atoms with Crippen molar-refractivity contribution in [3.05, 3.63) is 23.9 Å². The van der Waals surface area contributed by atoms with E-state index in [2.05, 4.69) is 4.98 Å². The number of carbonyl (C=O) groups excluding carboxylic acids is 1. The molecule has 0 fully saturated rings. The van der Waals surface area contributed by atoms with E-state index in [1.165, 1.54) is 7.11 Å². The van der Waals surface area contributed by atoms with Crippen molar-refractivity contribution < 1.29 is 14.3 Å². The molecule has 0 aromatic carbocycles. The van der Waals surface area contributed by atoms with Crippen LogP contribution in [0.1, 0.15) is 12.5 Å². The summed E-state index contributed by atoms with van der Waals surface area (Å²) in [6.07, 6.45) is 1.83. The number of hydrogen-bond donors (Lipinski definition) is 0. The minimum Gasteiger partial charge on any atom is -0.481 e. The summed E-state index contributed by atoms with van der Waals surface area (Å²) in [4.78, 5) is 15.5. The lowest BCUT2D eigenvalue weighted by atomic mass is 10.0. The van der Waals surface area contributed by atoms with Crippen LogP contribution >= 0.6 is 0 Å². The van der Waals surface area contributed by atoms with Crippen LogP contribution in [0.15, 0.2) is 18.3 Å². The topological polar surface area (TPSA) is 72.2 Å². The normalized spacial score (nSPS) is 11.4. The molecule has 0 N–H and O–H groups in total. The first-order chi connectivity index (χ1) is 8.22. The monoisotopic (exact) mass is 234 g/mol. The summed E-state index contributed by atoms with van der Waals surface area (Å²) < 4.78 is 9.88. The van der Waals surface area contributed by atoms with Gasteiger partial charge in [0.15, 0.2) is 0 Å². The lowest BCUT2D eigenvalue weighted by Crippen LogP contribution is -2.18. The van der Waals surface area contributed by atoms with Crippen molar-refractivity contribution in [1.29, 1.82) is 5.26 Å². The second-order valence-corrected chi connectivity index (χ2v) is 3.31. The number of rotatable bonds is 5. The minimum atomic E-state index is -0.826. The van der Waals surface area contributed by atoms with E-state index in [0.29, 0.717) is 5.88 Å². The highest BCUT2D eigenvalue weighted by Crippen LogP contribution is 2.18. The van der Waals surface area contributed by atoms with Gasteiger partial charge in [0, 0.05) is 18.2 Å². The van der Waals surface area contributed by atoms with Gasteiger partial charge in [0.2, 0.25) is 5.88 Å². The summed E-state index contributed by atoms with van der Waals surface area (Å²) in [6, 6.07) is 5.44. The second-order valence-electron chi connectivity index (χ2n) is 3.31. The average molecular weight is 234 g/mol. The van der Waals surface area contributed by atoms with Gasteiger partial charge in [0.25, 0.3) is 0 Å². The maximum atomic E-state index is 11.5. The molecule has 0 aliphatic carbocycles. The molecular weight excluding hydrogens is 220 g/mol. The standard InChI is InChI=1S/C12H14N2O3/c1-3-17-12(15)10(8-13)7-9-5-4-6-14-11(9)16-2/h4-6,10H,3,7H2,1-2H3. The van der Waals surface area contributed by atoms with E-state index in [-0.39, 0.29) is 13.0 Å². The predicted molar refractivity (Wildman–Crippen MR) is 60.2 cm³/mol. The molecule has 0 spiro atoms. The molecule has 1 atom stereocenters. The van der Waals surface area contributed by atoms with Crippen molar-refractivity contribution >= 4 is 5.97 Å². The smallest absolute Gasteiger partial charge is 0.323 e. The van der Waals surface area contributed by atoms with Crippen molar-refractivity contribution in [2.24, 2.45) is 5.92 Å². The van der Waals surface area contributed by atoms with Crippen molar-refractivity contribution in [2.45, 2.75) is 13.3 Å². The van der Waals surface area contributed by atoms with Crippen LogP contribution in [0.2, 0.25) is 0 Å². The zero-order valence-corrected chi connectivity index (χ0v) is 9.84. The van der Waals surface area contributed by atoms with Gasteiger partial charge in [-0.15, -0.1) is 0 Å². The van der Waals surface area contributed by atoms with Crippen LogP contribution in [0, 0.1) is 17.2 Å². The van der Waals surface area contributed by atoms with Gasteiger partial charge in [-0.1, -0.05) is 6.07 Å². The van der Waals surface area contributed by atoms with Crippen molar-refractivity contribution in [1.82, 2.24) is 4.98 Å². The van der Waals surface area contributed by atoms with Gasteiger partial charge >= 0.3 is 5.97 Å². The Labute approximate surface area is 100.0 Å². The van der Waals surface area contributed by atoms with Crippen LogP contribution in [0.3, 0.4) is 0 Å². The molecule has 1 aromatic heterocycles. The van der Waals surface area contributed by atoms with Gasteiger partial charge in [0.1, 0.15) is 5.92 Å². The molecule has 0 aliphatic rings. The Morgan fingerprint density at radius 1 is 1.65 bits per heavy atom. The summed E-state index contributed by atoms with van der Waals surface area (Å²) >= 11 is 0. The summed E-state index contributed by atoms with van der Waals surface area (Å²) in [7, 11) is 1.50. The Balaban J connectivity index is 2.81.